The fourth-order valence-corrected chi connectivity index (χ4v) is 3.03. The van der Waals surface area contributed by atoms with Crippen molar-refractivity contribution in [1.82, 2.24) is 0 Å². The monoisotopic (exact) mass is 291 g/mol. The van der Waals surface area contributed by atoms with Gasteiger partial charge in [-0.25, -0.2) is 0 Å². The topological polar surface area (TPSA) is 87.8 Å². The third-order valence-corrected chi connectivity index (χ3v) is 4.32. The van der Waals surface area contributed by atoms with E-state index in [0.717, 1.165) is 31.6 Å². The van der Waals surface area contributed by atoms with Gasteiger partial charge in [-0.3, -0.25) is 4.79 Å². The molecule has 2 aliphatic heterocycles. The Hall–Kier alpha value is -1.95. The van der Waals surface area contributed by atoms with Crippen molar-refractivity contribution in [2.75, 3.05) is 35.6 Å². The molecule has 6 nitrogen and oxygen atoms in total. The molecule has 4 N–H and O–H groups in total. The van der Waals surface area contributed by atoms with Gasteiger partial charge >= 0.3 is 0 Å². The standard InChI is InChI=1S/C15H21N3O3/c1-9(19)10-2-4-18(5-3-10)13-7-12-14(6-11(13)16)21-8-15(20)17-12/h6-7,9-10,19H,2-5,8,16H2,1H3,(H,17,20). The van der Waals surface area contributed by atoms with Crippen molar-refractivity contribution in [3.05, 3.63) is 12.1 Å². The van der Waals surface area contributed by atoms with E-state index in [4.69, 9.17) is 10.5 Å². The number of fused-ring (bicyclic) bond motifs is 1. The first-order chi connectivity index (χ1) is 10.0. The Morgan fingerprint density at radius 3 is 2.81 bits per heavy atom. The van der Waals surface area contributed by atoms with Crippen LogP contribution in [0.2, 0.25) is 0 Å². The highest BCUT2D eigenvalue weighted by atomic mass is 16.5. The van der Waals surface area contributed by atoms with Gasteiger partial charge in [0, 0.05) is 19.2 Å². The number of benzene rings is 1. The second-order valence-electron chi connectivity index (χ2n) is 5.81. The quantitative estimate of drug-likeness (QED) is 0.713. The number of nitrogens with zero attached hydrogens (tertiary/aromatic N) is 1. The van der Waals surface area contributed by atoms with Crippen molar-refractivity contribution >= 4 is 23.0 Å². The van der Waals surface area contributed by atoms with Crippen molar-refractivity contribution in [2.45, 2.75) is 25.9 Å². The van der Waals surface area contributed by atoms with Crippen LogP contribution in [0, 0.1) is 5.92 Å². The fraction of sp³-hybridized carbons (Fsp3) is 0.533. The van der Waals surface area contributed by atoms with Gasteiger partial charge in [0.1, 0.15) is 5.75 Å². The summed E-state index contributed by atoms with van der Waals surface area (Å²) in [5, 5.41) is 12.5. The molecule has 0 bridgehead atoms. The molecule has 21 heavy (non-hydrogen) atoms. The number of hydrogen-bond acceptors (Lipinski definition) is 5. The molecule has 2 heterocycles. The minimum Gasteiger partial charge on any atom is -0.482 e. The molecule has 1 fully saturated rings. The van der Waals surface area contributed by atoms with Gasteiger partial charge < -0.3 is 25.8 Å². The summed E-state index contributed by atoms with van der Waals surface area (Å²) in [5.41, 5.74) is 8.37. The first-order valence-corrected chi connectivity index (χ1v) is 7.34. The van der Waals surface area contributed by atoms with Gasteiger partial charge in [-0.2, -0.15) is 0 Å². The van der Waals surface area contributed by atoms with Crippen LogP contribution in [0.4, 0.5) is 17.1 Å². The molecule has 3 rings (SSSR count). The van der Waals surface area contributed by atoms with Crippen LogP contribution in [-0.4, -0.2) is 36.8 Å². The number of aliphatic hydroxyl groups is 1. The average Bonchev–Trinajstić information content (AvgIpc) is 2.47. The largest absolute Gasteiger partial charge is 0.482 e. The molecule has 0 spiro atoms. The van der Waals surface area contributed by atoms with E-state index in [2.05, 4.69) is 10.2 Å². The summed E-state index contributed by atoms with van der Waals surface area (Å²) in [7, 11) is 0. The van der Waals surface area contributed by atoms with E-state index in [0.29, 0.717) is 23.0 Å². The molecule has 1 aromatic rings. The number of aliphatic hydroxyl groups excluding tert-OH is 1. The second-order valence-corrected chi connectivity index (χ2v) is 5.81. The maximum atomic E-state index is 11.4. The molecule has 114 valence electrons. The minimum atomic E-state index is -0.263. The first-order valence-electron chi connectivity index (χ1n) is 7.34. The van der Waals surface area contributed by atoms with Crippen molar-refractivity contribution in [3.63, 3.8) is 0 Å². The van der Waals surface area contributed by atoms with Gasteiger partial charge in [-0.05, 0) is 31.7 Å². The maximum absolute atomic E-state index is 11.4. The molecule has 0 aromatic heterocycles. The number of carbonyl (C=O) groups is 1. The number of ether oxygens (including phenoxy) is 1. The Kier molecular flexibility index (Phi) is 3.63. The van der Waals surface area contributed by atoms with E-state index < -0.39 is 0 Å². The Morgan fingerprint density at radius 1 is 1.43 bits per heavy atom. The van der Waals surface area contributed by atoms with Crippen molar-refractivity contribution < 1.29 is 14.6 Å². The van der Waals surface area contributed by atoms with Gasteiger partial charge in [0.15, 0.2) is 6.61 Å². The van der Waals surface area contributed by atoms with Crippen LogP contribution in [0.1, 0.15) is 19.8 Å². The normalized spacial score (nSPS) is 20.5. The SMILES string of the molecule is CC(O)C1CCN(c2cc3c(cc2N)OCC(=O)N3)CC1. The van der Waals surface area contributed by atoms with Crippen LogP contribution >= 0.6 is 0 Å². The number of carbonyl (C=O) groups excluding carboxylic acids is 1. The summed E-state index contributed by atoms with van der Waals surface area (Å²) < 4.78 is 5.36. The van der Waals surface area contributed by atoms with E-state index in [9.17, 15) is 9.90 Å². The summed E-state index contributed by atoms with van der Waals surface area (Å²) in [5.74, 6) is 0.823. The summed E-state index contributed by atoms with van der Waals surface area (Å²) in [6.45, 7) is 3.59. The lowest BCUT2D eigenvalue weighted by atomic mass is 9.92. The Bertz CT molecular complexity index is 551. The summed E-state index contributed by atoms with van der Waals surface area (Å²) in [6.07, 6.45) is 1.62. The molecule has 2 aliphatic rings. The molecule has 1 saturated heterocycles. The van der Waals surface area contributed by atoms with Gasteiger partial charge in [0.05, 0.1) is 23.2 Å². The van der Waals surface area contributed by atoms with Gasteiger partial charge in [0.2, 0.25) is 0 Å². The summed E-state index contributed by atoms with van der Waals surface area (Å²) in [6, 6.07) is 3.65. The van der Waals surface area contributed by atoms with Crippen molar-refractivity contribution in [3.8, 4) is 5.75 Å². The Balaban J connectivity index is 1.80. The number of rotatable bonds is 2. The maximum Gasteiger partial charge on any atom is 0.262 e. The third kappa shape index (κ3) is 2.76. The van der Waals surface area contributed by atoms with E-state index in [1.54, 1.807) is 6.07 Å². The van der Waals surface area contributed by atoms with Crippen LogP contribution < -0.4 is 20.7 Å². The van der Waals surface area contributed by atoms with E-state index in [-0.39, 0.29) is 18.6 Å². The third-order valence-electron chi connectivity index (χ3n) is 4.32. The average molecular weight is 291 g/mol. The highest BCUT2D eigenvalue weighted by Crippen LogP contribution is 2.38. The van der Waals surface area contributed by atoms with E-state index >= 15 is 0 Å². The number of piperidine rings is 1. The second kappa shape index (κ2) is 5.44. The van der Waals surface area contributed by atoms with Crippen molar-refractivity contribution in [1.29, 1.82) is 0 Å². The van der Waals surface area contributed by atoms with E-state index in [1.165, 1.54) is 0 Å². The zero-order valence-corrected chi connectivity index (χ0v) is 12.1. The lowest BCUT2D eigenvalue weighted by Gasteiger charge is -2.36. The van der Waals surface area contributed by atoms with Crippen molar-refractivity contribution in [2.24, 2.45) is 5.92 Å². The van der Waals surface area contributed by atoms with Gasteiger partial charge in [-0.1, -0.05) is 0 Å². The smallest absolute Gasteiger partial charge is 0.262 e. The Morgan fingerprint density at radius 2 is 2.14 bits per heavy atom. The van der Waals surface area contributed by atoms with Crippen LogP contribution in [0.15, 0.2) is 12.1 Å². The van der Waals surface area contributed by atoms with Crippen LogP contribution in [0.25, 0.3) is 0 Å². The summed E-state index contributed by atoms with van der Waals surface area (Å²) in [4.78, 5) is 13.6. The number of nitrogens with one attached hydrogen (secondary N) is 1. The zero-order chi connectivity index (χ0) is 15.0. The molecular formula is C15H21N3O3. The van der Waals surface area contributed by atoms with Gasteiger partial charge in [-0.15, -0.1) is 0 Å². The summed E-state index contributed by atoms with van der Waals surface area (Å²) >= 11 is 0. The molecule has 6 heteroatoms. The molecule has 1 amide bonds. The highest BCUT2D eigenvalue weighted by Gasteiger charge is 2.25. The zero-order valence-electron chi connectivity index (χ0n) is 12.1. The molecule has 1 unspecified atom stereocenters. The van der Waals surface area contributed by atoms with Crippen LogP contribution in [0.5, 0.6) is 5.75 Å². The van der Waals surface area contributed by atoms with Gasteiger partial charge in [0.25, 0.3) is 5.91 Å². The van der Waals surface area contributed by atoms with E-state index in [1.807, 2.05) is 13.0 Å². The van der Waals surface area contributed by atoms with Crippen LogP contribution in [0.3, 0.4) is 0 Å². The predicted octanol–water partition coefficient (Wildman–Crippen LogP) is 1.20. The number of anilines is 3. The fourth-order valence-electron chi connectivity index (χ4n) is 3.03. The molecular weight excluding hydrogens is 270 g/mol. The number of amides is 1. The lowest BCUT2D eigenvalue weighted by Crippen LogP contribution is -2.37. The number of nitrogens with two attached hydrogens (primary N) is 1. The molecule has 0 aliphatic carbocycles. The Labute approximate surface area is 123 Å². The first kappa shape index (κ1) is 14.0. The molecule has 0 saturated carbocycles. The molecule has 0 radical (unpaired) electrons. The number of hydrogen-bond donors (Lipinski definition) is 3. The highest BCUT2D eigenvalue weighted by molar-refractivity contribution is 5.97. The molecule has 1 atom stereocenters. The lowest BCUT2D eigenvalue weighted by molar-refractivity contribution is -0.118. The molecule has 1 aromatic carbocycles. The minimum absolute atomic E-state index is 0.0333. The number of nitrogen functional groups attached to an aromatic ring is 1. The van der Waals surface area contributed by atoms with Crippen LogP contribution in [-0.2, 0) is 4.79 Å². The predicted molar refractivity (Wildman–Crippen MR) is 81.6 cm³/mol.